The largest absolute Gasteiger partial charge is 0.492 e. The molecule has 0 unspecified atom stereocenters. The van der Waals surface area contributed by atoms with E-state index in [0.29, 0.717) is 17.4 Å². The highest BCUT2D eigenvalue weighted by atomic mass is 35.5. The summed E-state index contributed by atoms with van der Waals surface area (Å²) in [5.74, 6) is 0.429. The molecule has 0 aliphatic carbocycles. The summed E-state index contributed by atoms with van der Waals surface area (Å²) in [6, 6.07) is 2.64. The quantitative estimate of drug-likeness (QED) is 0.589. The van der Waals surface area contributed by atoms with Crippen LogP contribution in [-0.4, -0.2) is 25.6 Å². The van der Waals surface area contributed by atoms with Gasteiger partial charge in [-0.05, 0) is 18.6 Å². The molecule has 0 saturated carbocycles. The third-order valence-electron chi connectivity index (χ3n) is 2.24. The normalized spacial score (nSPS) is 11.1. The maximum absolute atomic E-state index is 11.7. The molecule has 0 aliphatic rings. The molecular weight excluding hydrogens is 303 g/mol. The second kappa shape index (κ2) is 7.81. The number of nitrogens with zero attached hydrogens (tertiary/aromatic N) is 1. The molecule has 2 amide bonds. The van der Waals surface area contributed by atoms with Gasteiger partial charge in [0.15, 0.2) is 5.96 Å². The molecule has 20 heavy (non-hydrogen) atoms. The molecule has 1 aromatic rings. The Morgan fingerprint density at radius 1 is 1.45 bits per heavy atom. The lowest BCUT2D eigenvalue weighted by Gasteiger charge is -2.13. The van der Waals surface area contributed by atoms with Crippen molar-refractivity contribution >= 4 is 40.9 Å². The van der Waals surface area contributed by atoms with E-state index in [2.05, 4.69) is 15.6 Å². The second-order valence-corrected chi connectivity index (χ2v) is 4.56. The van der Waals surface area contributed by atoms with Crippen molar-refractivity contribution in [3.63, 3.8) is 0 Å². The number of urea groups is 1. The first-order valence-electron chi connectivity index (χ1n) is 5.90. The number of rotatable bonds is 4. The molecule has 1 aromatic carbocycles. The number of hydrogen-bond donors (Lipinski definition) is 3. The maximum Gasteiger partial charge on any atom is 0.326 e. The predicted octanol–water partition coefficient (Wildman–Crippen LogP) is 2.85. The van der Waals surface area contributed by atoms with Crippen molar-refractivity contribution < 1.29 is 9.53 Å². The van der Waals surface area contributed by atoms with Crippen LogP contribution in [0.3, 0.4) is 0 Å². The molecule has 0 radical (unpaired) electrons. The number of benzene rings is 1. The van der Waals surface area contributed by atoms with Gasteiger partial charge in [0.25, 0.3) is 0 Å². The van der Waals surface area contributed by atoms with E-state index in [0.717, 1.165) is 6.42 Å². The topological polar surface area (TPSA) is 88.7 Å². The summed E-state index contributed by atoms with van der Waals surface area (Å²) in [7, 11) is 1.45. The Hall–Kier alpha value is -1.66. The van der Waals surface area contributed by atoms with Gasteiger partial charge in [0, 0.05) is 7.05 Å². The minimum atomic E-state index is -0.593. The number of halogens is 2. The van der Waals surface area contributed by atoms with E-state index in [1.165, 1.54) is 7.05 Å². The van der Waals surface area contributed by atoms with Crippen LogP contribution < -0.4 is 21.1 Å². The van der Waals surface area contributed by atoms with Gasteiger partial charge >= 0.3 is 6.03 Å². The van der Waals surface area contributed by atoms with Gasteiger partial charge in [-0.15, -0.1) is 0 Å². The average molecular weight is 319 g/mol. The highest BCUT2D eigenvalue weighted by molar-refractivity contribution is 6.40. The number of nitrogens with two attached hydrogens (primary N) is 1. The molecule has 0 heterocycles. The fraction of sp³-hybridized carbons (Fsp3) is 0.333. The number of carbonyl (C=O) groups excluding carboxylic acids is 1. The molecule has 8 heteroatoms. The highest BCUT2D eigenvalue weighted by Gasteiger charge is 2.14. The van der Waals surface area contributed by atoms with Gasteiger partial charge in [0.05, 0.1) is 17.3 Å². The number of aliphatic imine (C=N–C) groups is 1. The zero-order valence-electron chi connectivity index (χ0n) is 11.2. The minimum absolute atomic E-state index is 0.0202. The number of amides is 2. The highest BCUT2D eigenvalue weighted by Crippen LogP contribution is 2.37. The van der Waals surface area contributed by atoms with E-state index >= 15 is 0 Å². The van der Waals surface area contributed by atoms with Crippen molar-refractivity contribution in [3.8, 4) is 5.75 Å². The van der Waals surface area contributed by atoms with Crippen LogP contribution in [-0.2, 0) is 0 Å². The third-order valence-corrected chi connectivity index (χ3v) is 2.93. The average Bonchev–Trinajstić information content (AvgIpc) is 2.42. The summed E-state index contributed by atoms with van der Waals surface area (Å²) in [5.41, 5.74) is 5.64. The molecule has 0 spiro atoms. The molecule has 110 valence electrons. The van der Waals surface area contributed by atoms with Gasteiger partial charge in [-0.1, -0.05) is 30.1 Å². The first kappa shape index (κ1) is 16.4. The molecule has 6 nitrogen and oxygen atoms in total. The zero-order valence-corrected chi connectivity index (χ0v) is 12.7. The molecule has 4 N–H and O–H groups in total. The Morgan fingerprint density at radius 2 is 2.15 bits per heavy atom. The van der Waals surface area contributed by atoms with Crippen molar-refractivity contribution in [1.82, 2.24) is 5.32 Å². The monoisotopic (exact) mass is 318 g/mol. The van der Waals surface area contributed by atoms with Crippen molar-refractivity contribution in [2.75, 3.05) is 19.0 Å². The second-order valence-electron chi connectivity index (χ2n) is 3.77. The van der Waals surface area contributed by atoms with Gasteiger partial charge in [-0.25, -0.2) is 4.79 Å². The van der Waals surface area contributed by atoms with Crippen LogP contribution in [0.5, 0.6) is 5.75 Å². The Labute approximate surface area is 127 Å². The van der Waals surface area contributed by atoms with Crippen LogP contribution in [0.25, 0.3) is 0 Å². The number of anilines is 1. The van der Waals surface area contributed by atoms with E-state index in [1.54, 1.807) is 12.1 Å². The number of carbonyl (C=O) groups is 1. The molecule has 0 aromatic heterocycles. The molecule has 0 bridgehead atoms. The fourth-order valence-corrected chi connectivity index (χ4v) is 1.81. The first-order chi connectivity index (χ1) is 9.49. The van der Waals surface area contributed by atoms with Crippen LogP contribution >= 0.6 is 23.2 Å². The lowest BCUT2D eigenvalue weighted by Crippen LogP contribution is -2.39. The fourth-order valence-electron chi connectivity index (χ4n) is 1.29. The Balaban J connectivity index is 2.90. The van der Waals surface area contributed by atoms with Gasteiger partial charge in [-0.3, -0.25) is 10.3 Å². The molecule has 0 saturated heterocycles. The van der Waals surface area contributed by atoms with E-state index in [4.69, 9.17) is 33.7 Å². The van der Waals surface area contributed by atoms with Crippen molar-refractivity contribution in [2.45, 2.75) is 13.3 Å². The van der Waals surface area contributed by atoms with Crippen LogP contribution in [0.2, 0.25) is 10.0 Å². The van der Waals surface area contributed by atoms with Crippen molar-refractivity contribution in [2.24, 2.45) is 10.7 Å². The number of nitrogens with one attached hydrogen (secondary N) is 2. The Bertz CT molecular complexity index is 520. The summed E-state index contributed by atoms with van der Waals surface area (Å²) in [5, 5.41) is 5.34. The number of hydrogen-bond acceptors (Lipinski definition) is 3. The van der Waals surface area contributed by atoms with Gasteiger partial charge in [0.2, 0.25) is 0 Å². The van der Waals surface area contributed by atoms with E-state index < -0.39 is 6.03 Å². The third kappa shape index (κ3) is 4.47. The minimum Gasteiger partial charge on any atom is -0.492 e. The SMILES string of the molecule is CCCOc1ccc(Cl)c(NC(=O)NC(N)=NC)c1Cl. The standard InChI is InChI=1S/C12H16Cl2N4O2/c1-3-6-20-8-5-4-7(13)10(9(8)14)17-12(19)18-11(15)16-2/h4-5H,3,6H2,1-2H3,(H4,15,16,17,18,19). The predicted molar refractivity (Wildman–Crippen MR) is 81.9 cm³/mol. The lowest BCUT2D eigenvalue weighted by molar-refractivity contribution is 0.256. The summed E-state index contributed by atoms with van der Waals surface area (Å²) in [4.78, 5) is 15.3. The summed E-state index contributed by atoms with van der Waals surface area (Å²) < 4.78 is 5.45. The van der Waals surface area contributed by atoms with Gasteiger partial charge in [-0.2, -0.15) is 0 Å². The number of guanidine groups is 1. The lowest BCUT2D eigenvalue weighted by atomic mass is 10.3. The molecule has 0 aliphatic heterocycles. The van der Waals surface area contributed by atoms with E-state index in [1.807, 2.05) is 6.92 Å². The smallest absolute Gasteiger partial charge is 0.326 e. The summed E-state index contributed by atoms with van der Waals surface area (Å²) in [6.07, 6.45) is 0.839. The summed E-state index contributed by atoms with van der Waals surface area (Å²) in [6.45, 7) is 2.49. The maximum atomic E-state index is 11.7. The van der Waals surface area contributed by atoms with Crippen LogP contribution in [0, 0.1) is 0 Å². The zero-order chi connectivity index (χ0) is 15.1. The van der Waals surface area contributed by atoms with Gasteiger partial charge in [0.1, 0.15) is 10.8 Å². The van der Waals surface area contributed by atoms with Crippen LogP contribution in [0.15, 0.2) is 17.1 Å². The number of ether oxygens (including phenoxy) is 1. The molecule has 0 fully saturated rings. The summed E-state index contributed by atoms with van der Waals surface area (Å²) >= 11 is 12.2. The Kier molecular flexibility index (Phi) is 6.41. The van der Waals surface area contributed by atoms with Gasteiger partial charge < -0.3 is 15.8 Å². The van der Waals surface area contributed by atoms with E-state index in [9.17, 15) is 4.79 Å². The van der Waals surface area contributed by atoms with Crippen LogP contribution in [0.1, 0.15) is 13.3 Å². The van der Waals surface area contributed by atoms with Crippen molar-refractivity contribution in [3.05, 3.63) is 22.2 Å². The Morgan fingerprint density at radius 3 is 2.75 bits per heavy atom. The van der Waals surface area contributed by atoms with Crippen LogP contribution in [0.4, 0.5) is 10.5 Å². The first-order valence-corrected chi connectivity index (χ1v) is 6.66. The molecule has 0 atom stereocenters. The van der Waals surface area contributed by atoms with E-state index in [-0.39, 0.29) is 16.7 Å². The molecule has 1 rings (SSSR count). The van der Waals surface area contributed by atoms with Crippen molar-refractivity contribution in [1.29, 1.82) is 0 Å². The molecular formula is C12H16Cl2N4O2.